The molecule has 0 bridgehead atoms. The van der Waals surface area contributed by atoms with E-state index in [-0.39, 0.29) is 10.4 Å². The van der Waals surface area contributed by atoms with Gasteiger partial charge >= 0.3 is 0 Å². The Kier molecular flexibility index (Phi) is 3.82. The van der Waals surface area contributed by atoms with Gasteiger partial charge in [0.2, 0.25) is 0 Å². The zero-order chi connectivity index (χ0) is 15.1. The van der Waals surface area contributed by atoms with Crippen LogP contribution in [0.1, 0.15) is 18.1 Å². The van der Waals surface area contributed by atoms with Crippen LogP contribution in [0.5, 0.6) is 0 Å². The maximum atomic E-state index is 13.8. The van der Waals surface area contributed by atoms with E-state index in [1.165, 1.54) is 12.1 Å². The Hall–Kier alpha value is -1.29. The Labute approximate surface area is 136 Å². The van der Waals surface area contributed by atoms with Crippen molar-refractivity contribution in [2.45, 2.75) is 12.3 Å². The van der Waals surface area contributed by atoms with E-state index in [0.717, 1.165) is 5.69 Å². The first-order valence-corrected chi connectivity index (χ1v) is 7.44. The number of benzene rings is 2. The molecule has 0 saturated carbocycles. The molecule has 0 aliphatic rings. The average Bonchev–Trinajstić information content (AvgIpc) is 2.79. The van der Waals surface area contributed by atoms with E-state index in [0.29, 0.717) is 21.9 Å². The van der Waals surface area contributed by atoms with Gasteiger partial charge < -0.3 is 0 Å². The van der Waals surface area contributed by atoms with Crippen molar-refractivity contribution < 1.29 is 4.39 Å². The lowest BCUT2D eigenvalue weighted by Crippen LogP contribution is -2.01. The molecule has 1 heterocycles. The first kappa shape index (κ1) is 14.6. The van der Waals surface area contributed by atoms with Gasteiger partial charge in [-0.2, -0.15) is 0 Å². The molecule has 3 aromatic rings. The molecule has 108 valence electrons. The minimum atomic E-state index is -0.493. The summed E-state index contributed by atoms with van der Waals surface area (Å²) in [6.45, 7) is 1.81. The van der Waals surface area contributed by atoms with Crippen LogP contribution in [0.2, 0.25) is 10.0 Å². The number of fused-ring (bicyclic) bond motifs is 1. The second-order valence-electron chi connectivity index (χ2n) is 4.65. The summed E-state index contributed by atoms with van der Waals surface area (Å²) in [5.74, 6) is 0.128. The smallest absolute Gasteiger partial charge is 0.144 e. The van der Waals surface area contributed by atoms with E-state index < -0.39 is 5.82 Å². The van der Waals surface area contributed by atoms with Gasteiger partial charge in [0.05, 0.1) is 21.4 Å². The quantitative estimate of drug-likeness (QED) is 0.540. The summed E-state index contributed by atoms with van der Waals surface area (Å²) in [5.41, 5.74) is 2.02. The highest BCUT2D eigenvalue weighted by Crippen LogP contribution is 2.31. The number of alkyl halides is 1. The molecule has 2 nitrogen and oxygen atoms in total. The van der Waals surface area contributed by atoms with Crippen LogP contribution < -0.4 is 0 Å². The highest BCUT2D eigenvalue weighted by molar-refractivity contribution is 6.31. The fourth-order valence-corrected chi connectivity index (χ4v) is 2.65. The van der Waals surface area contributed by atoms with Crippen LogP contribution in [0.3, 0.4) is 0 Å². The number of rotatable bonds is 2. The summed E-state index contributed by atoms with van der Waals surface area (Å²) in [4.78, 5) is 4.46. The molecule has 2 aromatic carbocycles. The summed E-state index contributed by atoms with van der Waals surface area (Å²) in [5, 5.41) is 0.324. The molecule has 1 unspecified atom stereocenters. The maximum absolute atomic E-state index is 13.8. The molecule has 0 saturated heterocycles. The fraction of sp³-hybridized carbons (Fsp3) is 0.133. The third-order valence-corrected chi connectivity index (χ3v) is 3.90. The number of hydrogen-bond donors (Lipinski definition) is 0. The topological polar surface area (TPSA) is 17.8 Å². The second-order valence-corrected chi connectivity index (χ2v) is 6.15. The highest BCUT2D eigenvalue weighted by atomic mass is 35.5. The molecule has 0 amide bonds. The SMILES string of the molecule is CC(Cl)c1nc2cc(Cl)c(F)cc2n1-c1ccc(Cl)cc1. The van der Waals surface area contributed by atoms with Gasteiger partial charge in [0.25, 0.3) is 0 Å². The molecule has 0 radical (unpaired) electrons. The molecule has 21 heavy (non-hydrogen) atoms. The molecule has 0 aliphatic heterocycles. The fourth-order valence-electron chi connectivity index (χ4n) is 2.22. The van der Waals surface area contributed by atoms with Crippen LogP contribution in [0.25, 0.3) is 16.7 Å². The molecule has 1 atom stereocenters. The summed E-state index contributed by atoms with van der Waals surface area (Å²) < 4.78 is 15.6. The molecular weight excluding hydrogens is 334 g/mol. The third-order valence-electron chi connectivity index (χ3n) is 3.16. The monoisotopic (exact) mass is 342 g/mol. The Morgan fingerprint density at radius 3 is 2.43 bits per heavy atom. The first-order valence-electron chi connectivity index (χ1n) is 6.25. The van der Waals surface area contributed by atoms with Gasteiger partial charge in [-0.3, -0.25) is 4.57 Å². The zero-order valence-corrected chi connectivity index (χ0v) is 13.2. The van der Waals surface area contributed by atoms with Gasteiger partial charge in [-0.25, -0.2) is 9.37 Å². The average molecular weight is 344 g/mol. The van der Waals surface area contributed by atoms with E-state index in [4.69, 9.17) is 34.8 Å². The number of halogens is 4. The third kappa shape index (κ3) is 2.61. The second kappa shape index (κ2) is 5.48. The van der Waals surface area contributed by atoms with E-state index in [1.807, 2.05) is 23.6 Å². The Morgan fingerprint density at radius 1 is 1.14 bits per heavy atom. The highest BCUT2D eigenvalue weighted by Gasteiger charge is 2.18. The van der Waals surface area contributed by atoms with Crippen molar-refractivity contribution in [3.05, 3.63) is 58.1 Å². The Morgan fingerprint density at radius 2 is 1.81 bits per heavy atom. The van der Waals surface area contributed by atoms with Gasteiger partial charge in [-0.1, -0.05) is 23.2 Å². The standard InChI is InChI=1S/C15H10Cl3FN2/c1-8(16)15-20-13-6-11(18)12(19)7-14(13)21(15)10-4-2-9(17)3-5-10/h2-8H,1H3. The molecule has 3 rings (SSSR count). The molecule has 6 heteroatoms. The van der Waals surface area contributed by atoms with Gasteiger partial charge in [-0.15, -0.1) is 11.6 Å². The van der Waals surface area contributed by atoms with Crippen molar-refractivity contribution in [2.75, 3.05) is 0 Å². The largest absolute Gasteiger partial charge is 0.295 e. The minimum Gasteiger partial charge on any atom is -0.295 e. The van der Waals surface area contributed by atoms with E-state index in [1.54, 1.807) is 12.1 Å². The van der Waals surface area contributed by atoms with Crippen LogP contribution in [-0.2, 0) is 0 Å². The van der Waals surface area contributed by atoms with Crippen molar-refractivity contribution in [3.63, 3.8) is 0 Å². The molecule has 0 fully saturated rings. The van der Waals surface area contributed by atoms with Crippen LogP contribution in [0, 0.1) is 5.82 Å². The van der Waals surface area contributed by atoms with E-state index in [9.17, 15) is 4.39 Å². The molecule has 0 aliphatic carbocycles. The molecule has 0 spiro atoms. The number of hydrogen-bond acceptors (Lipinski definition) is 1. The van der Waals surface area contributed by atoms with Crippen LogP contribution >= 0.6 is 34.8 Å². The zero-order valence-electron chi connectivity index (χ0n) is 10.9. The van der Waals surface area contributed by atoms with E-state index >= 15 is 0 Å². The minimum absolute atomic E-state index is 0.0389. The molecule has 0 N–H and O–H groups in total. The Bertz CT molecular complexity index is 810. The maximum Gasteiger partial charge on any atom is 0.144 e. The number of nitrogens with zero attached hydrogens (tertiary/aromatic N) is 2. The summed E-state index contributed by atoms with van der Waals surface area (Å²) in [7, 11) is 0. The summed E-state index contributed by atoms with van der Waals surface area (Å²) in [6.07, 6.45) is 0. The van der Waals surface area contributed by atoms with Gasteiger partial charge in [-0.05, 0) is 37.3 Å². The van der Waals surface area contributed by atoms with Crippen molar-refractivity contribution in [1.29, 1.82) is 0 Å². The summed E-state index contributed by atoms with van der Waals surface area (Å²) >= 11 is 17.9. The number of imidazole rings is 1. The lowest BCUT2D eigenvalue weighted by atomic mass is 10.2. The number of aromatic nitrogens is 2. The van der Waals surface area contributed by atoms with Gasteiger partial charge in [0.15, 0.2) is 0 Å². The lowest BCUT2D eigenvalue weighted by Gasteiger charge is -2.10. The van der Waals surface area contributed by atoms with Gasteiger partial charge in [0, 0.05) is 16.8 Å². The van der Waals surface area contributed by atoms with Crippen molar-refractivity contribution in [3.8, 4) is 5.69 Å². The van der Waals surface area contributed by atoms with E-state index in [2.05, 4.69) is 4.98 Å². The predicted octanol–water partition coefficient (Wildman–Crippen LogP) is 5.77. The molecule has 1 aromatic heterocycles. The molecular formula is C15H10Cl3FN2. The lowest BCUT2D eigenvalue weighted by molar-refractivity contribution is 0.629. The van der Waals surface area contributed by atoms with Crippen molar-refractivity contribution in [2.24, 2.45) is 0 Å². The van der Waals surface area contributed by atoms with Crippen LogP contribution in [0.4, 0.5) is 4.39 Å². The first-order chi connectivity index (χ1) is 9.97. The summed E-state index contributed by atoms with van der Waals surface area (Å²) in [6, 6.07) is 10.1. The predicted molar refractivity (Wildman–Crippen MR) is 85.3 cm³/mol. The van der Waals surface area contributed by atoms with Crippen LogP contribution in [0.15, 0.2) is 36.4 Å². The van der Waals surface area contributed by atoms with Crippen LogP contribution in [-0.4, -0.2) is 9.55 Å². The van der Waals surface area contributed by atoms with Crippen molar-refractivity contribution >= 4 is 45.8 Å². The van der Waals surface area contributed by atoms with Gasteiger partial charge in [0.1, 0.15) is 11.6 Å². The van der Waals surface area contributed by atoms with Crippen molar-refractivity contribution in [1.82, 2.24) is 9.55 Å². The normalized spacial score (nSPS) is 12.8. The Balaban J connectivity index is 2.35.